The molecule has 0 bridgehead atoms. The highest BCUT2D eigenvalue weighted by Crippen LogP contribution is 2.36. The van der Waals surface area contributed by atoms with Crippen LogP contribution in [0.1, 0.15) is 5.56 Å². The first-order valence-corrected chi connectivity index (χ1v) is 5.74. The minimum Gasteiger partial charge on any atom is -0.489 e. The first kappa shape index (κ1) is 10.6. The summed E-state index contributed by atoms with van der Waals surface area (Å²) in [5, 5.41) is 12.0. The van der Waals surface area contributed by atoms with Crippen molar-refractivity contribution in [3.8, 4) is 22.9 Å². The number of hydrogen-bond acceptors (Lipinski definition) is 4. The van der Waals surface area contributed by atoms with Gasteiger partial charge < -0.3 is 10.1 Å². The summed E-state index contributed by atoms with van der Waals surface area (Å²) in [7, 11) is 0. The van der Waals surface area contributed by atoms with Crippen molar-refractivity contribution >= 4 is 5.69 Å². The van der Waals surface area contributed by atoms with Crippen molar-refractivity contribution in [3.05, 3.63) is 42.2 Å². The minimum absolute atomic E-state index is 0.649. The summed E-state index contributed by atoms with van der Waals surface area (Å²) in [5.74, 6) is 0.834. The van der Waals surface area contributed by atoms with Gasteiger partial charge in [-0.3, -0.25) is 4.98 Å². The monoisotopic (exact) mass is 237 g/mol. The number of pyridine rings is 1. The van der Waals surface area contributed by atoms with Gasteiger partial charge in [0.05, 0.1) is 23.5 Å². The molecule has 0 atom stereocenters. The van der Waals surface area contributed by atoms with Crippen molar-refractivity contribution in [1.82, 2.24) is 4.98 Å². The summed E-state index contributed by atoms with van der Waals surface area (Å²) in [6.45, 7) is 1.45. The summed E-state index contributed by atoms with van der Waals surface area (Å²) in [6, 6.07) is 9.52. The lowest BCUT2D eigenvalue weighted by molar-refractivity contribution is 0.324. The summed E-state index contributed by atoms with van der Waals surface area (Å²) in [4.78, 5) is 4.21. The van der Waals surface area contributed by atoms with E-state index in [1.165, 1.54) is 0 Å². The zero-order chi connectivity index (χ0) is 12.4. The fraction of sp³-hybridized carbons (Fsp3) is 0.143. The van der Waals surface area contributed by atoms with E-state index in [-0.39, 0.29) is 0 Å². The van der Waals surface area contributed by atoms with Crippen LogP contribution >= 0.6 is 0 Å². The molecule has 0 unspecified atom stereocenters. The van der Waals surface area contributed by atoms with Gasteiger partial charge in [0.25, 0.3) is 0 Å². The number of nitriles is 1. The van der Waals surface area contributed by atoms with Crippen LogP contribution in [0, 0.1) is 11.3 Å². The third-order valence-electron chi connectivity index (χ3n) is 2.89. The van der Waals surface area contributed by atoms with Crippen LogP contribution in [-0.4, -0.2) is 18.1 Å². The molecule has 1 aliphatic heterocycles. The molecule has 0 aliphatic carbocycles. The molecule has 1 aromatic heterocycles. The number of ether oxygens (including phenoxy) is 1. The van der Waals surface area contributed by atoms with Gasteiger partial charge in [0.1, 0.15) is 6.61 Å². The summed E-state index contributed by atoms with van der Waals surface area (Å²) in [6.07, 6.45) is 3.55. The Bertz CT molecular complexity index is 614. The fourth-order valence-electron chi connectivity index (χ4n) is 2.00. The van der Waals surface area contributed by atoms with Crippen LogP contribution in [0.3, 0.4) is 0 Å². The third-order valence-corrected chi connectivity index (χ3v) is 2.89. The van der Waals surface area contributed by atoms with E-state index in [1.807, 2.05) is 12.1 Å². The van der Waals surface area contributed by atoms with Crippen molar-refractivity contribution < 1.29 is 4.74 Å². The Balaban J connectivity index is 2.08. The van der Waals surface area contributed by atoms with Gasteiger partial charge in [0.2, 0.25) is 0 Å². The zero-order valence-electron chi connectivity index (χ0n) is 9.68. The van der Waals surface area contributed by atoms with Gasteiger partial charge in [0.15, 0.2) is 5.75 Å². The standard InChI is InChI=1S/C14H11N3O/c15-7-10-1-3-11(4-2-10)12-8-16-9-13-14(12)18-6-5-17-13/h1-4,8-9,17H,5-6H2. The van der Waals surface area contributed by atoms with Gasteiger partial charge >= 0.3 is 0 Å². The predicted octanol–water partition coefficient (Wildman–Crippen LogP) is 2.42. The molecule has 88 valence electrons. The third kappa shape index (κ3) is 1.76. The van der Waals surface area contributed by atoms with Crippen molar-refractivity contribution in [3.63, 3.8) is 0 Å². The molecule has 0 saturated heterocycles. The van der Waals surface area contributed by atoms with E-state index in [9.17, 15) is 0 Å². The number of nitrogens with one attached hydrogen (secondary N) is 1. The Morgan fingerprint density at radius 1 is 1.22 bits per heavy atom. The van der Waals surface area contributed by atoms with Gasteiger partial charge in [-0.25, -0.2) is 0 Å². The summed E-state index contributed by atoms with van der Waals surface area (Å²) < 4.78 is 5.70. The average Bonchev–Trinajstić information content (AvgIpc) is 2.47. The van der Waals surface area contributed by atoms with Crippen molar-refractivity contribution in [1.29, 1.82) is 5.26 Å². The Hall–Kier alpha value is -2.54. The number of aromatic nitrogens is 1. The molecule has 0 saturated carbocycles. The zero-order valence-corrected chi connectivity index (χ0v) is 9.68. The van der Waals surface area contributed by atoms with E-state index < -0.39 is 0 Å². The maximum atomic E-state index is 8.79. The van der Waals surface area contributed by atoms with E-state index in [1.54, 1.807) is 24.5 Å². The molecule has 0 spiro atoms. The summed E-state index contributed by atoms with van der Waals surface area (Å²) >= 11 is 0. The number of fused-ring (bicyclic) bond motifs is 1. The second-order valence-electron chi connectivity index (χ2n) is 4.03. The van der Waals surface area contributed by atoms with Gasteiger partial charge in [-0.05, 0) is 17.7 Å². The van der Waals surface area contributed by atoms with Crippen molar-refractivity contribution in [2.24, 2.45) is 0 Å². The predicted molar refractivity (Wildman–Crippen MR) is 68.4 cm³/mol. The van der Waals surface area contributed by atoms with Crippen LogP contribution in [-0.2, 0) is 0 Å². The number of anilines is 1. The minimum atomic E-state index is 0.649. The quantitative estimate of drug-likeness (QED) is 0.827. The highest BCUT2D eigenvalue weighted by Gasteiger charge is 2.15. The molecule has 4 nitrogen and oxygen atoms in total. The molecular formula is C14H11N3O. The van der Waals surface area contributed by atoms with E-state index in [0.717, 1.165) is 29.1 Å². The highest BCUT2D eigenvalue weighted by atomic mass is 16.5. The topological polar surface area (TPSA) is 57.9 Å². The van der Waals surface area contributed by atoms with Crippen LogP contribution in [0.15, 0.2) is 36.7 Å². The Kier molecular flexibility index (Phi) is 2.58. The smallest absolute Gasteiger partial charge is 0.153 e. The largest absolute Gasteiger partial charge is 0.489 e. The maximum Gasteiger partial charge on any atom is 0.153 e. The second-order valence-corrected chi connectivity index (χ2v) is 4.03. The van der Waals surface area contributed by atoms with Crippen LogP contribution in [0.2, 0.25) is 0 Å². The molecule has 0 fully saturated rings. The van der Waals surface area contributed by atoms with Gasteiger partial charge in [0, 0.05) is 18.3 Å². The fourth-order valence-corrected chi connectivity index (χ4v) is 2.00. The molecule has 0 amide bonds. The van der Waals surface area contributed by atoms with E-state index >= 15 is 0 Å². The van der Waals surface area contributed by atoms with Crippen LogP contribution in [0.4, 0.5) is 5.69 Å². The first-order chi connectivity index (χ1) is 8.88. The Morgan fingerprint density at radius 2 is 2.06 bits per heavy atom. The molecule has 1 N–H and O–H groups in total. The number of hydrogen-bond donors (Lipinski definition) is 1. The van der Waals surface area contributed by atoms with Crippen LogP contribution in [0.25, 0.3) is 11.1 Å². The van der Waals surface area contributed by atoms with E-state index in [4.69, 9.17) is 10.00 Å². The molecule has 2 aromatic rings. The van der Waals surface area contributed by atoms with Gasteiger partial charge in [-0.1, -0.05) is 12.1 Å². The number of nitrogens with zero attached hydrogens (tertiary/aromatic N) is 2. The SMILES string of the molecule is N#Cc1ccc(-c2cncc3c2OCCN3)cc1. The van der Waals surface area contributed by atoms with E-state index in [0.29, 0.717) is 12.2 Å². The molecule has 3 rings (SSSR count). The van der Waals surface area contributed by atoms with Crippen LogP contribution < -0.4 is 10.1 Å². The van der Waals surface area contributed by atoms with Gasteiger partial charge in [-0.2, -0.15) is 5.26 Å². The van der Waals surface area contributed by atoms with Crippen molar-refractivity contribution in [2.75, 3.05) is 18.5 Å². The van der Waals surface area contributed by atoms with Crippen molar-refractivity contribution in [2.45, 2.75) is 0 Å². The molecule has 18 heavy (non-hydrogen) atoms. The second kappa shape index (κ2) is 4.38. The molecule has 0 radical (unpaired) electrons. The maximum absolute atomic E-state index is 8.79. The van der Waals surface area contributed by atoms with Gasteiger partial charge in [-0.15, -0.1) is 0 Å². The molecule has 1 aromatic carbocycles. The number of rotatable bonds is 1. The Morgan fingerprint density at radius 3 is 2.83 bits per heavy atom. The normalized spacial score (nSPS) is 12.8. The molecule has 1 aliphatic rings. The van der Waals surface area contributed by atoms with E-state index in [2.05, 4.69) is 16.4 Å². The molecule has 2 heterocycles. The molecular weight excluding hydrogens is 226 g/mol. The molecule has 4 heteroatoms. The lowest BCUT2D eigenvalue weighted by atomic mass is 10.0. The lowest BCUT2D eigenvalue weighted by Gasteiger charge is -2.21. The average molecular weight is 237 g/mol. The Labute approximate surface area is 105 Å². The van der Waals surface area contributed by atoms with Crippen LogP contribution in [0.5, 0.6) is 5.75 Å². The summed E-state index contributed by atoms with van der Waals surface area (Å²) in [5.41, 5.74) is 3.52. The highest BCUT2D eigenvalue weighted by molar-refractivity contribution is 5.77. The number of benzene rings is 1. The first-order valence-electron chi connectivity index (χ1n) is 5.74. The lowest BCUT2D eigenvalue weighted by Crippen LogP contribution is -2.18.